The van der Waals surface area contributed by atoms with Crippen molar-refractivity contribution < 1.29 is 14.3 Å². The number of nitrogens with zero attached hydrogens (tertiary/aromatic N) is 1. The van der Waals surface area contributed by atoms with Gasteiger partial charge in [-0.15, -0.1) is 0 Å². The summed E-state index contributed by atoms with van der Waals surface area (Å²) >= 11 is 0. The number of methoxy groups -OCH3 is 2. The first-order valence-electron chi connectivity index (χ1n) is 6.59. The molecule has 0 saturated heterocycles. The average molecular weight is 281 g/mol. The van der Waals surface area contributed by atoms with Gasteiger partial charge in [-0.2, -0.15) is 0 Å². The van der Waals surface area contributed by atoms with Gasteiger partial charge in [0, 0.05) is 19.0 Å². The summed E-state index contributed by atoms with van der Waals surface area (Å²) in [6.45, 7) is 2.67. The molecule has 1 amide bonds. The second-order valence-corrected chi connectivity index (χ2v) is 4.34. The van der Waals surface area contributed by atoms with Gasteiger partial charge < -0.3 is 14.4 Å². The van der Waals surface area contributed by atoms with Gasteiger partial charge in [-0.3, -0.25) is 16.5 Å². The Hall–Kier alpha value is -1.79. The van der Waals surface area contributed by atoms with Gasteiger partial charge in [0.2, 0.25) is 5.91 Å². The van der Waals surface area contributed by atoms with E-state index in [0.29, 0.717) is 12.2 Å². The third kappa shape index (κ3) is 3.20. The summed E-state index contributed by atoms with van der Waals surface area (Å²) in [5.74, 6) is 9.55. The predicted molar refractivity (Wildman–Crippen MR) is 78.9 cm³/mol. The van der Waals surface area contributed by atoms with Gasteiger partial charge in [0.05, 0.1) is 19.9 Å². The molecule has 0 fully saturated rings. The Labute approximate surface area is 119 Å². The zero-order valence-corrected chi connectivity index (χ0v) is 12.3. The van der Waals surface area contributed by atoms with E-state index in [1.54, 1.807) is 14.2 Å². The second kappa shape index (κ2) is 7.72. The Kier molecular flexibility index (Phi) is 6.27. The van der Waals surface area contributed by atoms with Crippen molar-refractivity contribution in [2.24, 2.45) is 11.7 Å². The summed E-state index contributed by atoms with van der Waals surface area (Å²) in [4.78, 5) is 13.8. The minimum Gasteiger partial charge on any atom is -0.493 e. The number of carbonyl (C=O) groups excluding carboxylic acids is 1. The largest absolute Gasteiger partial charge is 0.493 e. The van der Waals surface area contributed by atoms with E-state index in [1.165, 1.54) is 0 Å². The lowest BCUT2D eigenvalue weighted by Crippen LogP contribution is -2.34. The fourth-order valence-electron chi connectivity index (χ4n) is 2.36. The first-order valence-corrected chi connectivity index (χ1v) is 6.59. The highest BCUT2D eigenvalue weighted by atomic mass is 16.5. The van der Waals surface area contributed by atoms with Crippen LogP contribution in [-0.4, -0.2) is 26.7 Å². The summed E-state index contributed by atoms with van der Waals surface area (Å²) in [6.07, 6.45) is 2.49. The van der Waals surface area contributed by atoms with Crippen molar-refractivity contribution in [2.45, 2.75) is 26.2 Å². The highest BCUT2D eigenvalue weighted by Crippen LogP contribution is 2.38. The van der Waals surface area contributed by atoms with Crippen LogP contribution in [0.2, 0.25) is 0 Å². The van der Waals surface area contributed by atoms with E-state index in [1.807, 2.05) is 24.0 Å². The molecule has 2 rings (SSSR count). The van der Waals surface area contributed by atoms with Crippen molar-refractivity contribution in [2.75, 3.05) is 25.7 Å². The third-order valence-corrected chi connectivity index (χ3v) is 3.31. The van der Waals surface area contributed by atoms with Crippen molar-refractivity contribution in [1.29, 1.82) is 0 Å². The number of carbonyl (C=O) groups is 1. The molecule has 0 spiro atoms. The molecule has 0 unspecified atom stereocenters. The second-order valence-electron chi connectivity index (χ2n) is 4.34. The van der Waals surface area contributed by atoms with Gasteiger partial charge >= 0.3 is 0 Å². The molecule has 0 radical (unpaired) electrons. The van der Waals surface area contributed by atoms with E-state index < -0.39 is 0 Å². The molecule has 4 N–H and O–H groups in total. The SMILES string of the molecule is CCC(=O)N1CCCc2cc(OC)c(OC)cc21.NN. The quantitative estimate of drug-likeness (QED) is 0.642. The molecule has 6 nitrogen and oxygen atoms in total. The van der Waals surface area contributed by atoms with E-state index in [0.717, 1.165) is 36.4 Å². The number of anilines is 1. The van der Waals surface area contributed by atoms with E-state index >= 15 is 0 Å². The third-order valence-electron chi connectivity index (χ3n) is 3.31. The van der Waals surface area contributed by atoms with Crippen LogP contribution in [-0.2, 0) is 11.2 Å². The first kappa shape index (κ1) is 16.3. The first-order chi connectivity index (χ1) is 9.71. The van der Waals surface area contributed by atoms with Crippen molar-refractivity contribution in [3.63, 3.8) is 0 Å². The number of hydrogen-bond acceptors (Lipinski definition) is 5. The highest BCUT2D eigenvalue weighted by molar-refractivity contribution is 5.94. The van der Waals surface area contributed by atoms with Crippen molar-refractivity contribution >= 4 is 11.6 Å². The van der Waals surface area contributed by atoms with E-state index in [-0.39, 0.29) is 5.91 Å². The van der Waals surface area contributed by atoms with Crippen molar-refractivity contribution in [3.05, 3.63) is 17.7 Å². The number of aryl methyl sites for hydroxylation is 1. The molecule has 1 aromatic rings. The molecule has 6 heteroatoms. The topological polar surface area (TPSA) is 90.8 Å². The van der Waals surface area contributed by atoms with Crippen LogP contribution in [0.5, 0.6) is 11.5 Å². The summed E-state index contributed by atoms with van der Waals surface area (Å²) in [5, 5.41) is 0. The Morgan fingerprint density at radius 2 is 1.85 bits per heavy atom. The Bertz CT molecular complexity index is 463. The fraction of sp³-hybridized carbons (Fsp3) is 0.500. The normalized spacial score (nSPS) is 12.9. The van der Waals surface area contributed by atoms with Crippen molar-refractivity contribution in [3.8, 4) is 11.5 Å². The zero-order chi connectivity index (χ0) is 15.1. The maximum Gasteiger partial charge on any atom is 0.226 e. The van der Waals surface area contributed by atoms with Crippen LogP contribution in [0.1, 0.15) is 25.3 Å². The average Bonchev–Trinajstić information content (AvgIpc) is 2.53. The minimum absolute atomic E-state index is 0.156. The molecule has 0 bridgehead atoms. The zero-order valence-electron chi connectivity index (χ0n) is 12.3. The van der Waals surface area contributed by atoms with E-state index in [9.17, 15) is 4.79 Å². The molecule has 0 aliphatic carbocycles. The van der Waals surface area contributed by atoms with Gasteiger partial charge in [0.1, 0.15) is 0 Å². The highest BCUT2D eigenvalue weighted by Gasteiger charge is 2.23. The van der Waals surface area contributed by atoms with Gasteiger partial charge in [0.25, 0.3) is 0 Å². The van der Waals surface area contributed by atoms with E-state index in [2.05, 4.69) is 11.7 Å². The molecule has 112 valence electrons. The predicted octanol–water partition coefficient (Wildman–Crippen LogP) is 1.21. The minimum atomic E-state index is 0.156. The summed E-state index contributed by atoms with van der Waals surface area (Å²) in [6, 6.07) is 3.88. The number of ether oxygens (including phenoxy) is 2. The number of benzene rings is 1. The van der Waals surface area contributed by atoms with Crippen LogP contribution in [0.4, 0.5) is 5.69 Å². The molecule has 1 aromatic carbocycles. The molecule has 0 saturated carbocycles. The Morgan fingerprint density at radius 3 is 2.40 bits per heavy atom. The molecule has 0 aromatic heterocycles. The monoisotopic (exact) mass is 281 g/mol. The van der Waals surface area contributed by atoms with Crippen LogP contribution in [0.25, 0.3) is 0 Å². The molecule has 1 heterocycles. The van der Waals surface area contributed by atoms with Crippen molar-refractivity contribution in [1.82, 2.24) is 0 Å². The number of rotatable bonds is 3. The molecule has 20 heavy (non-hydrogen) atoms. The molecule has 1 aliphatic heterocycles. The lowest BCUT2D eigenvalue weighted by molar-refractivity contribution is -0.118. The molecular weight excluding hydrogens is 258 g/mol. The summed E-state index contributed by atoms with van der Waals surface area (Å²) in [5.41, 5.74) is 2.12. The van der Waals surface area contributed by atoms with Crippen LogP contribution < -0.4 is 26.1 Å². The number of amides is 1. The van der Waals surface area contributed by atoms with Crippen LogP contribution in [0.3, 0.4) is 0 Å². The number of nitrogens with two attached hydrogens (primary N) is 2. The van der Waals surface area contributed by atoms with E-state index in [4.69, 9.17) is 9.47 Å². The number of hydrogen-bond donors (Lipinski definition) is 2. The number of hydrazine groups is 1. The summed E-state index contributed by atoms with van der Waals surface area (Å²) < 4.78 is 10.6. The fourth-order valence-corrected chi connectivity index (χ4v) is 2.36. The molecular formula is C14H23N3O3. The van der Waals surface area contributed by atoms with Crippen LogP contribution in [0.15, 0.2) is 12.1 Å². The van der Waals surface area contributed by atoms with Crippen LogP contribution >= 0.6 is 0 Å². The van der Waals surface area contributed by atoms with Gasteiger partial charge in [-0.25, -0.2) is 0 Å². The lowest BCUT2D eigenvalue weighted by atomic mass is 10.0. The standard InChI is InChI=1S/C14H19NO3.H4N2/c1-4-14(16)15-7-5-6-10-8-12(17-2)13(18-3)9-11(10)15;1-2/h8-9H,4-7H2,1-3H3;1-2H2. The smallest absolute Gasteiger partial charge is 0.226 e. The Balaban J connectivity index is 0.000000956. The maximum atomic E-state index is 11.9. The molecule has 1 aliphatic rings. The molecule has 0 atom stereocenters. The van der Waals surface area contributed by atoms with Crippen LogP contribution in [0, 0.1) is 0 Å². The van der Waals surface area contributed by atoms with Gasteiger partial charge in [-0.1, -0.05) is 6.92 Å². The number of fused-ring (bicyclic) bond motifs is 1. The summed E-state index contributed by atoms with van der Waals surface area (Å²) in [7, 11) is 3.24. The Morgan fingerprint density at radius 1 is 1.25 bits per heavy atom. The van der Waals surface area contributed by atoms with Gasteiger partial charge in [0.15, 0.2) is 11.5 Å². The lowest BCUT2D eigenvalue weighted by Gasteiger charge is -2.30. The maximum absolute atomic E-state index is 11.9. The van der Waals surface area contributed by atoms with Gasteiger partial charge in [-0.05, 0) is 24.5 Å².